The van der Waals surface area contributed by atoms with Gasteiger partial charge >= 0.3 is 0 Å². The highest BCUT2D eigenvalue weighted by molar-refractivity contribution is 14.0. The third kappa shape index (κ3) is 5.15. The molecule has 2 rings (SSSR count). The average Bonchev–Trinajstić information content (AvgIpc) is 2.91. The van der Waals surface area contributed by atoms with Crippen LogP contribution in [0.3, 0.4) is 0 Å². The second-order valence-corrected chi connectivity index (χ2v) is 5.16. The van der Waals surface area contributed by atoms with Crippen LogP contribution in [-0.2, 0) is 13.6 Å². The monoisotopic (exact) mass is 432 g/mol. The molecule has 0 saturated heterocycles. The summed E-state index contributed by atoms with van der Waals surface area (Å²) in [7, 11) is 3.57. The van der Waals surface area contributed by atoms with Crippen molar-refractivity contribution in [1.82, 2.24) is 25.4 Å². The van der Waals surface area contributed by atoms with Crippen LogP contribution < -0.4 is 10.6 Å². The standard InChI is InChI=1S/C15H21FN6.HI/c1-10-5-6-12(7-13(10)16)11(2)20-15(17-3)18-8-14-21-19-9-22(14)4;/h5-7,9,11H,8H2,1-4H3,(H2,17,18,20);1H. The van der Waals surface area contributed by atoms with E-state index in [4.69, 9.17) is 0 Å². The van der Waals surface area contributed by atoms with E-state index < -0.39 is 0 Å². The Bertz CT molecular complexity index is 670. The lowest BCUT2D eigenvalue weighted by Gasteiger charge is -2.18. The van der Waals surface area contributed by atoms with Crippen molar-refractivity contribution in [2.24, 2.45) is 12.0 Å². The molecular weight excluding hydrogens is 410 g/mol. The van der Waals surface area contributed by atoms with E-state index in [1.54, 1.807) is 32.4 Å². The molecule has 0 spiro atoms. The number of aliphatic imine (C=N–C) groups is 1. The minimum atomic E-state index is -0.201. The fourth-order valence-corrected chi connectivity index (χ4v) is 1.99. The Morgan fingerprint density at radius 1 is 1.43 bits per heavy atom. The van der Waals surface area contributed by atoms with Crippen molar-refractivity contribution in [2.75, 3.05) is 7.05 Å². The fraction of sp³-hybridized carbons (Fsp3) is 0.400. The summed E-state index contributed by atoms with van der Waals surface area (Å²) in [6.45, 7) is 4.21. The summed E-state index contributed by atoms with van der Waals surface area (Å²) in [5.41, 5.74) is 1.51. The number of aromatic nitrogens is 3. The van der Waals surface area contributed by atoms with E-state index in [-0.39, 0.29) is 35.8 Å². The maximum absolute atomic E-state index is 13.6. The van der Waals surface area contributed by atoms with Gasteiger partial charge < -0.3 is 15.2 Å². The zero-order chi connectivity index (χ0) is 16.1. The first-order chi connectivity index (χ1) is 10.5. The Balaban J connectivity index is 0.00000264. The van der Waals surface area contributed by atoms with Crippen molar-refractivity contribution >= 4 is 29.9 Å². The molecule has 2 aromatic rings. The Morgan fingerprint density at radius 3 is 2.74 bits per heavy atom. The number of rotatable bonds is 4. The maximum atomic E-state index is 13.6. The molecule has 0 radical (unpaired) electrons. The largest absolute Gasteiger partial charge is 0.350 e. The van der Waals surface area contributed by atoms with Gasteiger partial charge in [-0.25, -0.2) is 4.39 Å². The number of hydrogen-bond acceptors (Lipinski definition) is 3. The molecule has 2 N–H and O–H groups in total. The molecule has 126 valence electrons. The predicted molar refractivity (Wildman–Crippen MR) is 99.3 cm³/mol. The summed E-state index contributed by atoms with van der Waals surface area (Å²) < 4.78 is 15.5. The van der Waals surface area contributed by atoms with Crippen LogP contribution in [0.2, 0.25) is 0 Å². The van der Waals surface area contributed by atoms with Crippen LogP contribution in [0, 0.1) is 12.7 Å². The summed E-state index contributed by atoms with van der Waals surface area (Å²) in [4.78, 5) is 4.17. The second kappa shape index (κ2) is 8.80. The molecule has 1 atom stereocenters. The number of nitrogens with zero attached hydrogens (tertiary/aromatic N) is 4. The quantitative estimate of drug-likeness (QED) is 0.442. The lowest BCUT2D eigenvalue weighted by molar-refractivity contribution is 0.607. The maximum Gasteiger partial charge on any atom is 0.191 e. The number of benzene rings is 1. The van der Waals surface area contributed by atoms with E-state index in [9.17, 15) is 4.39 Å². The lowest BCUT2D eigenvalue weighted by atomic mass is 10.1. The van der Waals surface area contributed by atoms with Gasteiger partial charge in [-0.3, -0.25) is 4.99 Å². The SMILES string of the molecule is CN=C(NCc1nncn1C)NC(C)c1ccc(C)c(F)c1.I. The lowest BCUT2D eigenvalue weighted by Crippen LogP contribution is -2.38. The van der Waals surface area contributed by atoms with Crippen LogP contribution in [0.25, 0.3) is 0 Å². The Morgan fingerprint density at radius 2 is 2.17 bits per heavy atom. The highest BCUT2D eigenvalue weighted by atomic mass is 127. The smallest absolute Gasteiger partial charge is 0.191 e. The van der Waals surface area contributed by atoms with Crippen molar-refractivity contribution < 1.29 is 4.39 Å². The Labute approximate surface area is 152 Å². The number of guanidine groups is 1. The molecule has 0 bridgehead atoms. The van der Waals surface area contributed by atoms with E-state index >= 15 is 0 Å². The van der Waals surface area contributed by atoms with Crippen LogP contribution in [0.15, 0.2) is 29.5 Å². The van der Waals surface area contributed by atoms with E-state index in [0.29, 0.717) is 18.1 Å². The van der Waals surface area contributed by atoms with Gasteiger partial charge in [-0.05, 0) is 31.0 Å². The van der Waals surface area contributed by atoms with E-state index in [0.717, 1.165) is 11.4 Å². The first kappa shape index (κ1) is 19.3. The molecule has 0 fully saturated rings. The summed E-state index contributed by atoms with van der Waals surface area (Å²) >= 11 is 0. The Kier molecular flexibility index (Phi) is 7.40. The summed E-state index contributed by atoms with van der Waals surface area (Å²) in [5, 5.41) is 14.2. The molecule has 1 heterocycles. The van der Waals surface area contributed by atoms with Crippen LogP contribution in [0.5, 0.6) is 0 Å². The van der Waals surface area contributed by atoms with Gasteiger partial charge in [0.1, 0.15) is 12.1 Å². The van der Waals surface area contributed by atoms with Gasteiger partial charge in [0.15, 0.2) is 11.8 Å². The van der Waals surface area contributed by atoms with Gasteiger partial charge in [-0.2, -0.15) is 0 Å². The zero-order valence-corrected chi connectivity index (χ0v) is 16.0. The molecular formula is C15H22FIN6. The number of aryl methyl sites for hydroxylation is 2. The number of nitrogens with one attached hydrogen (secondary N) is 2. The summed E-state index contributed by atoms with van der Waals surface area (Å²) in [6.07, 6.45) is 1.64. The first-order valence-electron chi connectivity index (χ1n) is 7.07. The molecule has 6 nitrogen and oxygen atoms in total. The van der Waals surface area contributed by atoms with E-state index in [1.807, 2.05) is 24.6 Å². The summed E-state index contributed by atoms with van der Waals surface area (Å²) in [6, 6.07) is 5.16. The van der Waals surface area contributed by atoms with Crippen LogP contribution in [0.4, 0.5) is 4.39 Å². The Hall–Kier alpha value is -1.71. The molecule has 8 heteroatoms. The van der Waals surface area contributed by atoms with Gasteiger partial charge in [-0.15, -0.1) is 34.2 Å². The molecule has 1 aromatic carbocycles. The van der Waals surface area contributed by atoms with Crippen LogP contribution in [-0.4, -0.2) is 27.8 Å². The van der Waals surface area contributed by atoms with Crippen LogP contribution in [0.1, 0.15) is 29.9 Å². The third-order valence-corrected chi connectivity index (χ3v) is 3.49. The topological polar surface area (TPSA) is 67.1 Å². The minimum Gasteiger partial charge on any atom is -0.350 e. The third-order valence-electron chi connectivity index (χ3n) is 3.49. The average molecular weight is 432 g/mol. The van der Waals surface area contributed by atoms with Gasteiger partial charge in [0.05, 0.1) is 12.6 Å². The number of halogens is 2. The molecule has 0 amide bonds. The molecule has 0 aliphatic carbocycles. The van der Waals surface area contributed by atoms with Gasteiger partial charge in [0.25, 0.3) is 0 Å². The van der Waals surface area contributed by atoms with Crippen molar-refractivity contribution in [3.63, 3.8) is 0 Å². The van der Waals surface area contributed by atoms with Gasteiger partial charge in [0, 0.05) is 14.1 Å². The van der Waals surface area contributed by atoms with Crippen molar-refractivity contribution in [2.45, 2.75) is 26.4 Å². The second-order valence-electron chi connectivity index (χ2n) is 5.16. The van der Waals surface area contributed by atoms with Gasteiger partial charge in [-0.1, -0.05) is 12.1 Å². The highest BCUT2D eigenvalue weighted by Gasteiger charge is 2.10. The molecule has 0 aliphatic rings. The highest BCUT2D eigenvalue weighted by Crippen LogP contribution is 2.16. The van der Waals surface area contributed by atoms with Crippen molar-refractivity contribution in [3.8, 4) is 0 Å². The molecule has 1 aromatic heterocycles. The zero-order valence-electron chi connectivity index (χ0n) is 13.7. The van der Waals surface area contributed by atoms with Crippen molar-refractivity contribution in [1.29, 1.82) is 0 Å². The van der Waals surface area contributed by atoms with Crippen molar-refractivity contribution in [3.05, 3.63) is 47.3 Å². The number of hydrogen-bond donors (Lipinski definition) is 2. The van der Waals surface area contributed by atoms with E-state index in [1.165, 1.54) is 0 Å². The summed E-state index contributed by atoms with van der Waals surface area (Å²) in [5.74, 6) is 1.22. The molecule has 1 unspecified atom stereocenters. The molecule has 0 aliphatic heterocycles. The predicted octanol–water partition coefficient (Wildman–Crippen LogP) is 2.31. The molecule has 23 heavy (non-hydrogen) atoms. The first-order valence-corrected chi connectivity index (χ1v) is 7.07. The van der Waals surface area contributed by atoms with Crippen LogP contribution >= 0.6 is 24.0 Å². The normalized spacial score (nSPS) is 12.5. The van der Waals surface area contributed by atoms with Gasteiger partial charge in [0.2, 0.25) is 0 Å². The fourth-order valence-electron chi connectivity index (χ4n) is 1.99. The van der Waals surface area contributed by atoms with E-state index in [2.05, 4.69) is 25.8 Å². The molecule has 0 saturated carbocycles. The minimum absolute atomic E-state index is 0.